The molecule has 3 aromatic heterocycles. The Labute approximate surface area is 229 Å². The minimum atomic E-state index is -0.501. The number of carbonyl (C=O) groups excluding carboxylic acids is 3. The summed E-state index contributed by atoms with van der Waals surface area (Å²) >= 11 is 2.77. The number of amides is 2. The van der Waals surface area contributed by atoms with Crippen LogP contribution in [0, 0.1) is 0 Å². The van der Waals surface area contributed by atoms with Crippen LogP contribution in [-0.2, 0) is 35.5 Å². The molecule has 0 radical (unpaired) electrons. The third kappa shape index (κ3) is 6.47. The number of hydrogen-bond donors (Lipinski definition) is 2. The second-order valence-electron chi connectivity index (χ2n) is 8.95. The molecule has 1 aliphatic carbocycles. The zero-order chi connectivity index (χ0) is 27.1. The van der Waals surface area contributed by atoms with Gasteiger partial charge >= 0.3 is 5.97 Å². The number of aryl methyl sites for hydroxylation is 1. The van der Waals surface area contributed by atoms with Crippen molar-refractivity contribution < 1.29 is 23.5 Å². The first-order valence-corrected chi connectivity index (χ1v) is 14.6. The number of hydrogen-bond acceptors (Lipinski definition) is 9. The largest absolute Gasteiger partial charge is 0.462 e. The van der Waals surface area contributed by atoms with Crippen molar-refractivity contribution in [1.29, 1.82) is 0 Å². The quantitative estimate of drug-likeness (QED) is 0.238. The predicted octanol–water partition coefficient (Wildman–Crippen LogP) is 4.84. The molecular weight excluding hydrogens is 526 g/mol. The van der Waals surface area contributed by atoms with Crippen LogP contribution < -0.4 is 10.6 Å². The molecule has 2 amide bonds. The van der Waals surface area contributed by atoms with E-state index >= 15 is 0 Å². The maximum absolute atomic E-state index is 13.2. The molecule has 0 fully saturated rings. The van der Waals surface area contributed by atoms with Gasteiger partial charge in [0.1, 0.15) is 5.00 Å². The van der Waals surface area contributed by atoms with Gasteiger partial charge in [0.2, 0.25) is 5.91 Å². The van der Waals surface area contributed by atoms with Gasteiger partial charge < -0.3 is 24.4 Å². The Morgan fingerprint density at radius 3 is 2.79 bits per heavy atom. The highest BCUT2D eigenvalue weighted by Gasteiger charge is 2.29. The van der Waals surface area contributed by atoms with Crippen molar-refractivity contribution in [1.82, 2.24) is 20.1 Å². The van der Waals surface area contributed by atoms with E-state index in [4.69, 9.17) is 9.15 Å². The molecule has 0 saturated heterocycles. The number of rotatable bonds is 12. The van der Waals surface area contributed by atoms with Crippen molar-refractivity contribution in [3.8, 4) is 0 Å². The van der Waals surface area contributed by atoms with Gasteiger partial charge in [-0.15, -0.1) is 21.5 Å². The number of nitrogens with one attached hydrogen (secondary N) is 2. The van der Waals surface area contributed by atoms with Crippen LogP contribution in [0.2, 0.25) is 0 Å². The first kappa shape index (κ1) is 27.9. The van der Waals surface area contributed by atoms with Gasteiger partial charge in [0.05, 0.1) is 30.2 Å². The number of furan rings is 1. The second kappa shape index (κ2) is 13.1. The molecule has 0 spiro atoms. The predicted molar refractivity (Wildman–Crippen MR) is 146 cm³/mol. The lowest BCUT2D eigenvalue weighted by Crippen LogP contribution is -2.25. The van der Waals surface area contributed by atoms with Gasteiger partial charge in [0.25, 0.3) is 5.91 Å². The number of nitrogens with zero attached hydrogens (tertiary/aromatic N) is 3. The monoisotopic (exact) mass is 559 g/mol. The summed E-state index contributed by atoms with van der Waals surface area (Å²) in [6.07, 6.45) is 7.14. The zero-order valence-corrected chi connectivity index (χ0v) is 23.5. The average molecular weight is 560 g/mol. The van der Waals surface area contributed by atoms with Gasteiger partial charge in [-0.05, 0) is 63.6 Å². The number of anilines is 1. The Kier molecular flexibility index (Phi) is 9.62. The van der Waals surface area contributed by atoms with Crippen molar-refractivity contribution in [2.24, 2.45) is 0 Å². The molecule has 0 saturated carbocycles. The summed E-state index contributed by atoms with van der Waals surface area (Å²) in [4.78, 5) is 39.4. The van der Waals surface area contributed by atoms with E-state index in [1.165, 1.54) is 29.4 Å². The first-order chi connectivity index (χ1) is 18.4. The Balaban J connectivity index is 1.46. The number of carbonyl (C=O) groups is 3. The van der Waals surface area contributed by atoms with E-state index in [2.05, 4.69) is 27.8 Å². The van der Waals surface area contributed by atoms with Gasteiger partial charge in [0, 0.05) is 11.4 Å². The van der Waals surface area contributed by atoms with E-state index in [9.17, 15) is 14.4 Å². The summed E-state index contributed by atoms with van der Waals surface area (Å²) in [5, 5.41) is 15.0. The van der Waals surface area contributed by atoms with Crippen LogP contribution >= 0.6 is 23.1 Å². The molecular formula is C26H33N5O5S2. The van der Waals surface area contributed by atoms with Crippen LogP contribution in [0.3, 0.4) is 0 Å². The van der Waals surface area contributed by atoms with Gasteiger partial charge in [0.15, 0.2) is 16.7 Å². The molecule has 1 unspecified atom stereocenters. The highest BCUT2D eigenvalue weighted by molar-refractivity contribution is 8.00. The summed E-state index contributed by atoms with van der Waals surface area (Å²) in [5.74, 6) is -0.121. The Morgan fingerprint density at radius 2 is 2.05 bits per heavy atom. The van der Waals surface area contributed by atoms with Crippen molar-refractivity contribution in [3.05, 3.63) is 46.0 Å². The van der Waals surface area contributed by atoms with E-state index in [0.29, 0.717) is 28.1 Å². The molecule has 2 N–H and O–H groups in total. The Hall–Kier alpha value is -3.12. The van der Waals surface area contributed by atoms with Gasteiger partial charge in [-0.25, -0.2) is 4.79 Å². The average Bonchev–Trinajstić information content (AvgIpc) is 3.65. The lowest BCUT2D eigenvalue weighted by atomic mass is 9.95. The number of unbranched alkanes of at least 4 members (excludes halogenated alkanes) is 1. The van der Waals surface area contributed by atoms with E-state index in [1.54, 1.807) is 26.0 Å². The van der Waals surface area contributed by atoms with Gasteiger partial charge in [-0.3, -0.25) is 9.59 Å². The summed E-state index contributed by atoms with van der Waals surface area (Å²) in [6.45, 7) is 6.79. The molecule has 1 atom stereocenters. The van der Waals surface area contributed by atoms with Crippen molar-refractivity contribution in [2.45, 2.75) is 82.8 Å². The zero-order valence-electron chi connectivity index (χ0n) is 21.9. The highest BCUT2D eigenvalue weighted by atomic mass is 32.2. The van der Waals surface area contributed by atoms with E-state index in [0.717, 1.165) is 49.0 Å². The summed E-state index contributed by atoms with van der Waals surface area (Å²) in [5.41, 5.74) is 1.51. The molecule has 3 heterocycles. The molecule has 0 bridgehead atoms. The molecule has 38 heavy (non-hydrogen) atoms. The standard InChI is InChI=1S/C26H33N5O5S2/c1-4-6-13-31-20(15-27-23(33)18-11-9-14-36-18)29-30-26(31)37-16(3)22(32)28-24-21(25(34)35-5-2)17-10-7-8-12-19(17)38-24/h9,11,14,16H,4-8,10,12-13,15H2,1-3H3,(H,27,33)(H,28,32). The van der Waals surface area contributed by atoms with Crippen LogP contribution in [0.4, 0.5) is 5.00 Å². The van der Waals surface area contributed by atoms with Crippen molar-refractivity contribution in [2.75, 3.05) is 11.9 Å². The summed E-state index contributed by atoms with van der Waals surface area (Å²) in [6, 6.07) is 3.25. The maximum atomic E-state index is 13.2. The Bertz CT molecular complexity index is 1270. The molecule has 1 aliphatic rings. The van der Waals surface area contributed by atoms with E-state index < -0.39 is 5.25 Å². The van der Waals surface area contributed by atoms with Crippen LogP contribution in [0.1, 0.15) is 83.6 Å². The number of fused-ring (bicyclic) bond motifs is 1. The third-order valence-electron chi connectivity index (χ3n) is 6.22. The number of thioether (sulfide) groups is 1. The second-order valence-corrected chi connectivity index (χ2v) is 11.4. The molecule has 204 valence electrons. The molecule has 3 aromatic rings. The van der Waals surface area contributed by atoms with Crippen molar-refractivity contribution >= 4 is 45.9 Å². The lowest BCUT2D eigenvalue weighted by molar-refractivity contribution is -0.115. The summed E-state index contributed by atoms with van der Waals surface area (Å²) < 4.78 is 12.4. The van der Waals surface area contributed by atoms with E-state index in [-0.39, 0.29) is 36.7 Å². The molecule has 0 aliphatic heterocycles. The van der Waals surface area contributed by atoms with Crippen LogP contribution in [0.5, 0.6) is 0 Å². The van der Waals surface area contributed by atoms with Gasteiger partial charge in [-0.1, -0.05) is 25.1 Å². The Morgan fingerprint density at radius 1 is 1.24 bits per heavy atom. The van der Waals surface area contributed by atoms with Crippen LogP contribution in [-0.4, -0.2) is 44.4 Å². The first-order valence-electron chi connectivity index (χ1n) is 13.0. The number of esters is 1. The lowest BCUT2D eigenvalue weighted by Gasteiger charge is -2.14. The SMILES string of the molecule is CCCCn1c(CNC(=O)c2ccco2)nnc1SC(C)C(=O)Nc1sc2c(c1C(=O)OCC)CCCC2. The number of ether oxygens (including phenoxy) is 1. The fraction of sp³-hybridized carbons (Fsp3) is 0.500. The topological polar surface area (TPSA) is 128 Å². The van der Waals surface area contributed by atoms with Crippen LogP contribution in [0.25, 0.3) is 0 Å². The fourth-order valence-corrected chi connectivity index (χ4v) is 6.40. The molecule has 0 aromatic carbocycles. The van der Waals surface area contributed by atoms with E-state index in [1.807, 2.05) is 4.57 Å². The fourth-order valence-electron chi connectivity index (χ4n) is 4.23. The third-order valence-corrected chi connectivity index (χ3v) is 8.51. The van der Waals surface area contributed by atoms with Gasteiger partial charge in [-0.2, -0.15) is 0 Å². The molecule has 4 rings (SSSR count). The minimum Gasteiger partial charge on any atom is -0.462 e. The number of aromatic nitrogens is 3. The summed E-state index contributed by atoms with van der Waals surface area (Å²) in [7, 11) is 0. The maximum Gasteiger partial charge on any atom is 0.341 e. The smallest absolute Gasteiger partial charge is 0.341 e. The molecule has 10 nitrogen and oxygen atoms in total. The van der Waals surface area contributed by atoms with Crippen LogP contribution in [0.15, 0.2) is 28.0 Å². The normalized spacial score (nSPS) is 13.6. The molecule has 12 heteroatoms. The van der Waals surface area contributed by atoms with Crippen molar-refractivity contribution in [3.63, 3.8) is 0 Å². The highest BCUT2D eigenvalue weighted by Crippen LogP contribution is 2.39. The minimum absolute atomic E-state index is 0.182. The number of thiophene rings is 1.